The van der Waals surface area contributed by atoms with Crippen LogP contribution >= 0.6 is 0 Å². The average Bonchev–Trinajstić information content (AvgIpc) is 2.71. The van der Waals surface area contributed by atoms with Gasteiger partial charge >= 0.3 is 0 Å². The van der Waals surface area contributed by atoms with Crippen molar-refractivity contribution in [1.29, 1.82) is 0 Å². The maximum Gasteiger partial charge on any atom is 0.290 e. The molecule has 0 amide bonds. The van der Waals surface area contributed by atoms with Crippen molar-refractivity contribution in [1.82, 2.24) is 9.78 Å². The summed E-state index contributed by atoms with van der Waals surface area (Å²) in [5.41, 5.74) is 4.25. The highest BCUT2D eigenvalue weighted by molar-refractivity contribution is 5.91. The molecule has 28 heavy (non-hydrogen) atoms. The topological polar surface area (TPSA) is 73.9 Å². The Morgan fingerprint density at radius 1 is 1.07 bits per heavy atom. The van der Waals surface area contributed by atoms with Gasteiger partial charge in [-0.05, 0) is 32.0 Å². The maximum atomic E-state index is 12.8. The van der Waals surface area contributed by atoms with Gasteiger partial charge in [0.25, 0.3) is 5.56 Å². The van der Waals surface area contributed by atoms with Crippen molar-refractivity contribution in [3.63, 3.8) is 0 Å². The average molecular weight is 372 g/mol. The number of anilines is 2. The maximum absolute atomic E-state index is 12.8. The van der Waals surface area contributed by atoms with Gasteiger partial charge in [-0.2, -0.15) is 9.83 Å². The molecule has 0 spiro atoms. The number of benzene rings is 2. The number of hydrogen-bond acceptors (Lipinski definition) is 4. The van der Waals surface area contributed by atoms with Crippen LogP contribution in [0.4, 0.5) is 11.4 Å². The van der Waals surface area contributed by atoms with E-state index in [1.54, 1.807) is 24.3 Å². The number of fused-ring (bicyclic) bond motifs is 1. The molecule has 4 rings (SSSR count). The molecular weight excluding hydrogens is 352 g/mol. The summed E-state index contributed by atoms with van der Waals surface area (Å²) in [6.45, 7) is 4.37. The molecule has 0 aliphatic carbocycles. The van der Waals surface area contributed by atoms with E-state index in [4.69, 9.17) is 0 Å². The van der Waals surface area contributed by atoms with Crippen LogP contribution in [-0.2, 0) is 6.54 Å². The number of aryl methyl sites for hydroxylation is 2. The molecule has 6 nitrogen and oxygen atoms in total. The van der Waals surface area contributed by atoms with Gasteiger partial charge in [-0.1, -0.05) is 35.9 Å². The third kappa shape index (κ3) is 3.20. The first-order valence-electron chi connectivity index (χ1n) is 9.14. The highest BCUT2D eigenvalue weighted by atomic mass is 16.5. The molecule has 0 saturated carbocycles. The van der Waals surface area contributed by atoms with E-state index in [-0.39, 0.29) is 5.56 Å². The monoisotopic (exact) mass is 372 g/mol. The molecule has 0 aliphatic rings. The number of nitrogens with zero attached hydrogens (tertiary/aromatic N) is 3. The quantitative estimate of drug-likeness (QED) is 0.437. The van der Waals surface area contributed by atoms with E-state index in [2.05, 4.69) is 10.4 Å². The predicted octanol–water partition coefficient (Wildman–Crippen LogP) is 3.77. The molecule has 0 fully saturated rings. The van der Waals surface area contributed by atoms with Crippen LogP contribution in [0.5, 0.6) is 0 Å². The van der Waals surface area contributed by atoms with Gasteiger partial charge in [-0.3, -0.25) is 4.79 Å². The van der Waals surface area contributed by atoms with E-state index in [9.17, 15) is 10.0 Å². The molecule has 2 aromatic heterocycles. The minimum Gasteiger partial charge on any atom is -0.618 e. The second kappa shape index (κ2) is 7.15. The van der Waals surface area contributed by atoms with E-state index in [0.29, 0.717) is 29.1 Å². The van der Waals surface area contributed by atoms with Crippen molar-refractivity contribution < 1.29 is 4.73 Å². The lowest BCUT2D eigenvalue weighted by molar-refractivity contribution is -0.577. The van der Waals surface area contributed by atoms with Gasteiger partial charge in [0.15, 0.2) is 6.20 Å². The Hall–Kier alpha value is -3.67. The molecule has 2 heterocycles. The summed E-state index contributed by atoms with van der Waals surface area (Å²) in [5.74, 6) is 0. The van der Waals surface area contributed by atoms with E-state index in [0.717, 1.165) is 21.2 Å². The van der Waals surface area contributed by atoms with Gasteiger partial charge in [0.05, 0.1) is 16.8 Å². The third-order valence-corrected chi connectivity index (χ3v) is 4.70. The first kappa shape index (κ1) is 17.7. The van der Waals surface area contributed by atoms with Crippen molar-refractivity contribution in [3.8, 4) is 11.3 Å². The highest BCUT2D eigenvalue weighted by Gasteiger charge is 2.13. The van der Waals surface area contributed by atoms with Gasteiger partial charge in [-0.25, -0.2) is 4.68 Å². The second-order valence-electron chi connectivity index (χ2n) is 6.63. The molecule has 1 N–H and O–H groups in total. The lowest BCUT2D eigenvalue weighted by Crippen LogP contribution is -2.26. The Labute approximate surface area is 162 Å². The molecule has 0 unspecified atom stereocenters. The molecule has 6 heteroatoms. The fraction of sp³-hybridized carbons (Fsp3) is 0.136. The third-order valence-electron chi connectivity index (χ3n) is 4.70. The zero-order chi connectivity index (χ0) is 19.7. The summed E-state index contributed by atoms with van der Waals surface area (Å²) in [6.07, 6.45) is 1.46. The summed E-state index contributed by atoms with van der Waals surface area (Å²) < 4.78 is 2.26. The van der Waals surface area contributed by atoms with E-state index in [1.165, 1.54) is 10.9 Å². The van der Waals surface area contributed by atoms with Gasteiger partial charge in [-0.15, -0.1) is 0 Å². The minimum absolute atomic E-state index is 0.207. The standard InChI is InChI=1S/C22H20N4O2/c1-3-25-22(27)20(14-19(24-25)16-11-9-15(2)10-12-16)23-18-7-4-8-21-17(18)6-5-13-26(21)28/h4-14,23H,3H2,1-2H3. The molecule has 0 aliphatic heterocycles. The molecule has 0 saturated heterocycles. The molecule has 0 atom stereocenters. The molecule has 0 bridgehead atoms. The molecule has 140 valence electrons. The molecule has 2 aromatic carbocycles. The van der Waals surface area contributed by atoms with Crippen LogP contribution in [0.3, 0.4) is 0 Å². The fourth-order valence-electron chi connectivity index (χ4n) is 3.18. The predicted molar refractivity (Wildman–Crippen MR) is 111 cm³/mol. The Morgan fingerprint density at radius 3 is 2.61 bits per heavy atom. The van der Waals surface area contributed by atoms with Crippen LogP contribution in [0.15, 0.2) is 71.7 Å². The largest absolute Gasteiger partial charge is 0.618 e. The fourth-order valence-corrected chi connectivity index (χ4v) is 3.18. The lowest BCUT2D eigenvalue weighted by atomic mass is 10.1. The van der Waals surface area contributed by atoms with Gasteiger partial charge in [0.1, 0.15) is 5.69 Å². The first-order valence-corrected chi connectivity index (χ1v) is 9.14. The number of pyridine rings is 1. The number of nitrogens with one attached hydrogen (secondary N) is 1. The minimum atomic E-state index is -0.207. The van der Waals surface area contributed by atoms with Gasteiger partial charge in [0, 0.05) is 24.2 Å². The number of aromatic nitrogens is 3. The molecule has 4 aromatic rings. The van der Waals surface area contributed by atoms with E-state index < -0.39 is 0 Å². The van der Waals surface area contributed by atoms with Crippen LogP contribution in [0.1, 0.15) is 12.5 Å². The smallest absolute Gasteiger partial charge is 0.290 e. The lowest BCUT2D eigenvalue weighted by Gasteiger charge is -2.13. The summed E-state index contributed by atoms with van der Waals surface area (Å²) in [7, 11) is 0. The van der Waals surface area contributed by atoms with Crippen LogP contribution < -0.4 is 15.6 Å². The Kier molecular flexibility index (Phi) is 4.53. The number of hydrogen-bond donors (Lipinski definition) is 1. The SMILES string of the molecule is CCn1nc(-c2ccc(C)cc2)cc(Nc2cccc3c2ccc[n+]3[O-])c1=O. The van der Waals surface area contributed by atoms with Crippen LogP contribution in [-0.4, -0.2) is 9.78 Å². The zero-order valence-electron chi connectivity index (χ0n) is 15.7. The van der Waals surface area contributed by atoms with E-state index in [1.807, 2.05) is 50.2 Å². The summed E-state index contributed by atoms with van der Waals surface area (Å²) in [4.78, 5) is 12.8. The van der Waals surface area contributed by atoms with E-state index >= 15 is 0 Å². The van der Waals surface area contributed by atoms with Gasteiger partial charge < -0.3 is 10.5 Å². The highest BCUT2D eigenvalue weighted by Crippen LogP contribution is 2.25. The zero-order valence-corrected chi connectivity index (χ0v) is 15.7. The van der Waals surface area contributed by atoms with Crippen molar-refractivity contribution in [2.45, 2.75) is 20.4 Å². The summed E-state index contributed by atoms with van der Waals surface area (Å²) in [5, 5.41) is 20.5. The molecule has 0 radical (unpaired) electrons. The Bertz CT molecular complexity index is 1210. The van der Waals surface area contributed by atoms with Crippen LogP contribution in [0, 0.1) is 12.1 Å². The van der Waals surface area contributed by atoms with Crippen molar-refractivity contribution in [2.24, 2.45) is 0 Å². The number of rotatable bonds is 4. The van der Waals surface area contributed by atoms with Crippen molar-refractivity contribution in [3.05, 3.63) is 88.0 Å². The van der Waals surface area contributed by atoms with Gasteiger partial charge in [0.2, 0.25) is 5.52 Å². The second-order valence-corrected chi connectivity index (χ2v) is 6.63. The Balaban J connectivity index is 1.84. The van der Waals surface area contributed by atoms with Crippen molar-refractivity contribution in [2.75, 3.05) is 5.32 Å². The normalized spacial score (nSPS) is 10.9. The summed E-state index contributed by atoms with van der Waals surface area (Å²) >= 11 is 0. The van der Waals surface area contributed by atoms with Crippen molar-refractivity contribution >= 4 is 22.3 Å². The van der Waals surface area contributed by atoms with Crippen LogP contribution in [0.2, 0.25) is 0 Å². The summed E-state index contributed by atoms with van der Waals surface area (Å²) in [6, 6.07) is 18.7. The molecular formula is C22H20N4O2. The first-order chi connectivity index (χ1) is 13.6. The van der Waals surface area contributed by atoms with Crippen LogP contribution in [0.25, 0.3) is 22.2 Å². The Morgan fingerprint density at radius 2 is 1.86 bits per heavy atom.